The maximum absolute atomic E-state index is 11.9. The number of hydrogen-bond acceptors (Lipinski definition) is 6. The fourth-order valence-corrected chi connectivity index (χ4v) is 3.94. The average Bonchev–Trinajstić information content (AvgIpc) is 3.07. The van der Waals surface area contributed by atoms with Crippen LogP contribution in [0.5, 0.6) is 0 Å². The Bertz CT molecular complexity index is 503. The molecule has 3 unspecified atom stereocenters. The smallest absolute Gasteiger partial charge is 0.315 e. The van der Waals surface area contributed by atoms with Crippen molar-refractivity contribution in [2.24, 2.45) is 0 Å². The number of anilines is 1. The van der Waals surface area contributed by atoms with Crippen LogP contribution in [0, 0.1) is 0 Å². The van der Waals surface area contributed by atoms with Crippen molar-refractivity contribution in [3.63, 3.8) is 0 Å². The summed E-state index contributed by atoms with van der Waals surface area (Å²) in [6.07, 6.45) is 2.98. The quantitative estimate of drug-likeness (QED) is 0.864. The van der Waals surface area contributed by atoms with E-state index < -0.39 is 0 Å². The minimum Gasteiger partial charge on any atom is -0.465 e. The molecule has 0 bridgehead atoms. The van der Waals surface area contributed by atoms with Gasteiger partial charge in [-0.1, -0.05) is 0 Å². The van der Waals surface area contributed by atoms with Crippen LogP contribution in [0.2, 0.25) is 0 Å². The molecule has 0 saturated carbocycles. The van der Waals surface area contributed by atoms with Crippen LogP contribution >= 0.6 is 11.3 Å². The van der Waals surface area contributed by atoms with Gasteiger partial charge in [0, 0.05) is 11.5 Å². The van der Waals surface area contributed by atoms with Gasteiger partial charge in [-0.2, -0.15) is 0 Å². The summed E-state index contributed by atoms with van der Waals surface area (Å²) < 4.78 is 10.7. The van der Waals surface area contributed by atoms with Gasteiger partial charge in [0.2, 0.25) is 0 Å². The van der Waals surface area contributed by atoms with Gasteiger partial charge in [-0.3, -0.25) is 4.79 Å². The van der Waals surface area contributed by atoms with E-state index in [0.717, 1.165) is 36.7 Å². The van der Waals surface area contributed by atoms with E-state index >= 15 is 0 Å². The molecular formula is C14H20N2O3S. The highest BCUT2D eigenvalue weighted by atomic mass is 32.1. The lowest BCUT2D eigenvalue weighted by molar-refractivity contribution is -0.145. The van der Waals surface area contributed by atoms with Crippen LogP contribution in [0.15, 0.2) is 0 Å². The van der Waals surface area contributed by atoms with E-state index in [0.29, 0.717) is 12.6 Å². The Labute approximate surface area is 122 Å². The minimum absolute atomic E-state index is 0.138. The SMILES string of the molecule is CCOC(=O)C1CCc2sc(NC3CCOC3C)nc21. The van der Waals surface area contributed by atoms with Crippen LogP contribution in [-0.2, 0) is 20.7 Å². The van der Waals surface area contributed by atoms with Crippen molar-refractivity contribution in [1.82, 2.24) is 4.98 Å². The van der Waals surface area contributed by atoms with Gasteiger partial charge in [0.15, 0.2) is 5.13 Å². The second-order valence-electron chi connectivity index (χ2n) is 5.29. The van der Waals surface area contributed by atoms with E-state index in [2.05, 4.69) is 17.2 Å². The van der Waals surface area contributed by atoms with Gasteiger partial charge in [-0.15, -0.1) is 11.3 Å². The molecule has 20 heavy (non-hydrogen) atoms. The van der Waals surface area contributed by atoms with Crippen LogP contribution < -0.4 is 5.32 Å². The summed E-state index contributed by atoms with van der Waals surface area (Å²) in [5.41, 5.74) is 0.919. The third-order valence-electron chi connectivity index (χ3n) is 3.97. The summed E-state index contributed by atoms with van der Waals surface area (Å²) >= 11 is 1.66. The number of carbonyl (C=O) groups excluding carboxylic acids is 1. The zero-order chi connectivity index (χ0) is 14.1. The molecule has 3 atom stereocenters. The molecule has 3 rings (SSSR count). The minimum atomic E-state index is -0.172. The molecule has 0 spiro atoms. The Morgan fingerprint density at radius 1 is 1.55 bits per heavy atom. The Balaban J connectivity index is 1.71. The molecule has 1 fully saturated rings. The second-order valence-corrected chi connectivity index (χ2v) is 6.37. The van der Waals surface area contributed by atoms with Crippen LogP contribution in [0.1, 0.15) is 43.2 Å². The molecule has 0 amide bonds. The lowest BCUT2D eigenvalue weighted by Crippen LogP contribution is -2.26. The van der Waals surface area contributed by atoms with Crippen LogP contribution in [-0.4, -0.2) is 36.3 Å². The predicted octanol–water partition coefficient (Wildman–Crippen LogP) is 2.33. The molecule has 1 saturated heterocycles. The number of nitrogens with zero attached hydrogens (tertiary/aromatic N) is 1. The summed E-state index contributed by atoms with van der Waals surface area (Å²) in [4.78, 5) is 17.8. The van der Waals surface area contributed by atoms with E-state index in [-0.39, 0.29) is 18.0 Å². The van der Waals surface area contributed by atoms with Crippen LogP contribution in [0.25, 0.3) is 0 Å². The topological polar surface area (TPSA) is 60.5 Å². The summed E-state index contributed by atoms with van der Waals surface area (Å²) in [6.45, 7) is 5.14. The molecule has 1 aliphatic carbocycles. The van der Waals surface area contributed by atoms with Crippen LogP contribution in [0.4, 0.5) is 5.13 Å². The first-order valence-electron chi connectivity index (χ1n) is 7.23. The number of aryl methyl sites for hydroxylation is 1. The molecule has 1 aliphatic heterocycles. The number of rotatable bonds is 4. The van der Waals surface area contributed by atoms with E-state index in [1.165, 1.54) is 4.88 Å². The van der Waals surface area contributed by atoms with Crippen molar-refractivity contribution < 1.29 is 14.3 Å². The maximum Gasteiger partial charge on any atom is 0.315 e. The third-order valence-corrected chi connectivity index (χ3v) is 5.04. The Kier molecular flexibility index (Phi) is 3.94. The summed E-state index contributed by atoms with van der Waals surface area (Å²) in [5.74, 6) is -0.310. The van der Waals surface area contributed by atoms with E-state index in [4.69, 9.17) is 9.47 Å². The van der Waals surface area contributed by atoms with Gasteiger partial charge >= 0.3 is 5.97 Å². The fraction of sp³-hybridized carbons (Fsp3) is 0.714. The molecule has 1 aromatic rings. The van der Waals surface area contributed by atoms with Crippen molar-refractivity contribution in [2.45, 2.75) is 51.2 Å². The average molecular weight is 296 g/mol. The van der Waals surface area contributed by atoms with Gasteiger partial charge in [0.1, 0.15) is 5.92 Å². The molecule has 1 N–H and O–H groups in total. The number of nitrogens with one attached hydrogen (secondary N) is 1. The zero-order valence-corrected chi connectivity index (χ0v) is 12.7. The zero-order valence-electron chi connectivity index (χ0n) is 11.8. The number of carbonyl (C=O) groups is 1. The van der Waals surface area contributed by atoms with Gasteiger partial charge in [0.25, 0.3) is 0 Å². The first kappa shape index (κ1) is 13.8. The molecule has 6 heteroatoms. The van der Waals surface area contributed by atoms with Gasteiger partial charge < -0.3 is 14.8 Å². The van der Waals surface area contributed by atoms with E-state index in [1.54, 1.807) is 11.3 Å². The Morgan fingerprint density at radius 2 is 2.40 bits per heavy atom. The first-order chi connectivity index (χ1) is 9.69. The first-order valence-corrected chi connectivity index (χ1v) is 8.05. The third kappa shape index (κ3) is 2.54. The number of esters is 1. The van der Waals surface area contributed by atoms with Crippen molar-refractivity contribution in [2.75, 3.05) is 18.5 Å². The summed E-state index contributed by atoms with van der Waals surface area (Å²) in [6, 6.07) is 0.322. The fourth-order valence-electron chi connectivity index (χ4n) is 2.84. The molecule has 5 nitrogen and oxygen atoms in total. The number of aromatic nitrogens is 1. The standard InChI is InChI=1S/C14H20N2O3S/c1-3-18-13(17)9-4-5-11-12(9)16-14(20-11)15-10-6-7-19-8(10)2/h8-10H,3-7H2,1-2H3,(H,15,16). The number of thiazole rings is 1. The monoisotopic (exact) mass is 296 g/mol. The van der Waals surface area contributed by atoms with Crippen molar-refractivity contribution in [3.05, 3.63) is 10.6 Å². The lowest BCUT2D eigenvalue weighted by Gasteiger charge is -2.15. The predicted molar refractivity (Wildman–Crippen MR) is 77.3 cm³/mol. The Hall–Kier alpha value is -1.14. The number of hydrogen-bond donors (Lipinski definition) is 1. The molecule has 1 aromatic heterocycles. The summed E-state index contributed by atoms with van der Waals surface area (Å²) in [7, 11) is 0. The highest BCUT2D eigenvalue weighted by Crippen LogP contribution is 2.39. The van der Waals surface area contributed by atoms with E-state index in [9.17, 15) is 4.79 Å². The molecule has 2 aliphatic rings. The normalized spacial score (nSPS) is 28.4. The van der Waals surface area contributed by atoms with Gasteiger partial charge in [0.05, 0.1) is 24.4 Å². The molecule has 0 aromatic carbocycles. The Morgan fingerprint density at radius 3 is 3.10 bits per heavy atom. The van der Waals surface area contributed by atoms with Gasteiger partial charge in [-0.05, 0) is 33.1 Å². The van der Waals surface area contributed by atoms with Crippen molar-refractivity contribution >= 4 is 22.4 Å². The maximum atomic E-state index is 11.9. The summed E-state index contributed by atoms with van der Waals surface area (Å²) in [5, 5.41) is 4.35. The van der Waals surface area contributed by atoms with Gasteiger partial charge in [-0.25, -0.2) is 4.98 Å². The largest absolute Gasteiger partial charge is 0.465 e. The highest BCUT2D eigenvalue weighted by molar-refractivity contribution is 7.15. The lowest BCUT2D eigenvalue weighted by atomic mass is 10.1. The van der Waals surface area contributed by atoms with E-state index in [1.807, 2.05) is 6.92 Å². The van der Waals surface area contributed by atoms with Crippen molar-refractivity contribution in [1.29, 1.82) is 0 Å². The molecule has 0 radical (unpaired) electrons. The van der Waals surface area contributed by atoms with Crippen molar-refractivity contribution in [3.8, 4) is 0 Å². The molecule has 2 heterocycles. The number of fused-ring (bicyclic) bond motifs is 1. The van der Waals surface area contributed by atoms with Crippen LogP contribution in [0.3, 0.4) is 0 Å². The molecular weight excluding hydrogens is 276 g/mol. The highest BCUT2D eigenvalue weighted by Gasteiger charge is 2.34. The number of ether oxygens (including phenoxy) is 2. The molecule has 110 valence electrons. The second kappa shape index (κ2) is 5.69.